The molecule has 2 saturated carbocycles. The van der Waals surface area contributed by atoms with Crippen molar-refractivity contribution >= 4 is 29.0 Å². The second-order valence-electron chi connectivity index (χ2n) is 11.6. The van der Waals surface area contributed by atoms with Crippen LogP contribution in [0.3, 0.4) is 0 Å². The van der Waals surface area contributed by atoms with Gasteiger partial charge in [0.2, 0.25) is 0 Å². The van der Waals surface area contributed by atoms with Crippen LogP contribution in [0.2, 0.25) is 0 Å². The minimum atomic E-state index is -0.0747. The fourth-order valence-corrected chi connectivity index (χ4v) is 6.48. The molecule has 2 fully saturated rings. The van der Waals surface area contributed by atoms with Gasteiger partial charge in [0, 0.05) is 0 Å². The number of rotatable bonds is 15. The van der Waals surface area contributed by atoms with E-state index in [1.807, 2.05) is 0 Å². The molecule has 0 unspecified atom stereocenters. The van der Waals surface area contributed by atoms with Crippen LogP contribution in [0.5, 0.6) is 5.75 Å². The zero-order valence-electron chi connectivity index (χ0n) is 22.7. The highest BCUT2D eigenvalue weighted by Gasteiger charge is 2.29. The van der Waals surface area contributed by atoms with Crippen LogP contribution in [-0.4, -0.2) is 11.1 Å². The maximum absolute atomic E-state index is 12.6. The van der Waals surface area contributed by atoms with Gasteiger partial charge >= 0.3 is 5.97 Å². The number of carbonyl (C=O) groups excluding carboxylic acids is 1. The summed E-state index contributed by atoms with van der Waals surface area (Å²) < 4.78 is 5.62. The third kappa shape index (κ3) is 10.9. The molecule has 2 aliphatic rings. The lowest BCUT2D eigenvalue weighted by Gasteiger charge is -2.31. The van der Waals surface area contributed by atoms with Crippen LogP contribution in [0.4, 0.5) is 5.69 Å². The molecule has 0 amide bonds. The first kappa shape index (κ1) is 29.1. The minimum Gasteiger partial charge on any atom is -0.426 e. The fraction of sp³-hybridized carbons (Fsp3) is 0.750. The molecule has 0 heterocycles. The number of aliphatic imine (C=N–C) groups is 1. The summed E-state index contributed by atoms with van der Waals surface area (Å²) in [6.07, 6.45) is 25.9. The molecule has 3 nitrogen and oxygen atoms in total. The number of isothiocyanates is 1. The van der Waals surface area contributed by atoms with E-state index in [9.17, 15) is 4.79 Å². The molecule has 0 N–H and O–H groups in total. The first-order valence-electron chi connectivity index (χ1n) is 15.1. The SMILES string of the molecule is CCCCCCCCCCC1CCC(CCC2CCC(C(=O)Oc3ccc(N=C=S)cc3)CC2)CC1. The quantitative estimate of drug-likeness (QED) is 0.0772. The van der Waals surface area contributed by atoms with E-state index in [1.54, 1.807) is 24.3 Å². The number of ether oxygens (including phenoxy) is 1. The van der Waals surface area contributed by atoms with Gasteiger partial charge in [0.25, 0.3) is 0 Å². The average Bonchev–Trinajstić information content (AvgIpc) is 2.91. The molecule has 1 aromatic rings. The molecule has 200 valence electrons. The number of nitrogens with zero attached hydrogens (tertiary/aromatic N) is 1. The number of thiocarbonyl (C=S) groups is 1. The van der Waals surface area contributed by atoms with Crippen molar-refractivity contribution in [3.63, 3.8) is 0 Å². The van der Waals surface area contributed by atoms with Gasteiger partial charge in [-0.3, -0.25) is 4.79 Å². The second kappa shape index (κ2) is 17.1. The number of carbonyl (C=O) groups is 1. The van der Waals surface area contributed by atoms with E-state index in [2.05, 4.69) is 29.3 Å². The highest BCUT2D eigenvalue weighted by Crippen LogP contribution is 2.38. The van der Waals surface area contributed by atoms with Gasteiger partial charge in [-0.1, -0.05) is 103 Å². The van der Waals surface area contributed by atoms with Gasteiger partial charge in [0.05, 0.1) is 16.8 Å². The number of hydrogen-bond donors (Lipinski definition) is 0. The van der Waals surface area contributed by atoms with Crippen molar-refractivity contribution < 1.29 is 9.53 Å². The predicted octanol–water partition coefficient (Wildman–Crippen LogP) is 10.3. The molecule has 0 atom stereocenters. The summed E-state index contributed by atoms with van der Waals surface area (Å²) in [5, 5.41) is 2.35. The average molecular weight is 512 g/mol. The Balaban J connectivity index is 1.21. The van der Waals surface area contributed by atoms with Crippen molar-refractivity contribution in [1.29, 1.82) is 0 Å². The Labute approximate surface area is 225 Å². The van der Waals surface area contributed by atoms with E-state index in [1.165, 1.54) is 109 Å². The lowest BCUT2D eigenvalue weighted by molar-refractivity contribution is -0.140. The topological polar surface area (TPSA) is 38.7 Å². The Bertz CT molecular complexity index is 785. The Kier molecular flexibility index (Phi) is 13.8. The lowest BCUT2D eigenvalue weighted by atomic mass is 9.75. The van der Waals surface area contributed by atoms with E-state index < -0.39 is 0 Å². The molecule has 0 bridgehead atoms. The standard InChI is InChI=1S/C32H49NO2S/c1-2-3-4-5-6-7-8-9-10-26-11-13-27(14-12-26)15-16-28-17-19-29(20-18-28)32(34)35-31-23-21-30(22-24-31)33-25-36/h21-24,26-29H,2-20H2,1H3. The van der Waals surface area contributed by atoms with Crippen molar-refractivity contribution in [1.82, 2.24) is 0 Å². The number of unbranched alkanes of at least 4 members (excludes halogenated alkanes) is 7. The van der Waals surface area contributed by atoms with E-state index in [0.29, 0.717) is 5.75 Å². The lowest BCUT2D eigenvalue weighted by Crippen LogP contribution is -2.26. The van der Waals surface area contributed by atoms with Crippen molar-refractivity contribution in [2.45, 2.75) is 129 Å². The first-order valence-corrected chi connectivity index (χ1v) is 15.5. The van der Waals surface area contributed by atoms with Crippen LogP contribution >= 0.6 is 12.2 Å². The normalized spacial score (nSPS) is 24.1. The van der Waals surface area contributed by atoms with E-state index in [4.69, 9.17) is 4.74 Å². The smallest absolute Gasteiger partial charge is 0.314 e. The molecule has 1 aromatic carbocycles. The summed E-state index contributed by atoms with van der Waals surface area (Å²) in [6, 6.07) is 7.14. The monoisotopic (exact) mass is 511 g/mol. The third-order valence-corrected chi connectivity index (χ3v) is 8.92. The summed E-state index contributed by atoms with van der Waals surface area (Å²) in [5.41, 5.74) is 0.724. The molecule has 0 spiro atoms. The summed E-state index contributed by atoms with van der Waals surface area (Å²) in [5.74, 6) is 3.32. The summed E-state index contributed by atoms with van der Waals surface area (Å²) in [6.45, 7) is 2.30. The van der Waals surface area contributed by atoms with E-state index in [-0.39, 0.29) is 11.9 Å². The van der Waals surface area contributed by atoms with Crippen LogP contribution in [-0.2, 0) is 4.79 Å². The van der Waals surface area contributed by atoms with Crippen LogP contribution in [0.15, 0.2) is 29.3 Å². The highest BCUT2D eigenvalue weighted by atomic mass is 32.1. The Morgan fingerprint density at radius 1 is 0.778 bits per heavy atom. The van der Waals surface area contributed by atoms with Gasteiger partial charge in [-0.05, 0) is 79.9 Å². The molecule has 3 rings (SSSR count). The van der Waals surface area contributed by atoms with Gasteiger partial charge in [-0.2, -0.15) is 4.99 Å². The molecular formula is C32H49NO2S. The summed E-state index contributed by atoms with van der Waals surface area (Å²) in [7, 11) is 0. The summed E-state index contributed by atoms with van der Waals surface area (Å²) >= 11 is 4.62. The van der Waals surface area contributed by atoms with Gasteiger partial charge < -0.3 is 4.74 Å². The molecule has 2 aliphatic carbocycles. The molecule has 0 aliphatic heterocycles. The summed E-state index contributed by atoms with van der Waals surface area (Å²) in [4.78, 5) is 16.5. The Morgan fingerprint density at radius 2 is 1.28 bits per heavy atom. The molecule has 0 saturated heterocycles. The van der Waals surface area contributed by atoms with Crippen molar-refractivity contribution in [3.8, 4) is 5.75 Å². The third-order valence-electron chi connectivity index (χ3n) is 8.83. The van der Waals surface area contributed by atoms with Crippen molar-refractivity contribution in [3.05, 3.63) is 24.3 Å². The van der Waals surface area contributed by atoms with Crippen LogP contribution in [0, 0.1) is 23.7 Å². The molecule has 4 heteroatoms. The molecule has 36 heavy (non-hydrogen) atoms. The maximum Gasteiger partial charge on any atom is 0.314 e. The van der Waals surface area contributed by atoms with Crippen LogP contribution < -0.4 is 4.74 Å². The van der Waals surface area contributed by atoms with Gasteiger partial charge in [0.1, 0.15) is 5.75 Å². The zero-order chi connectivity index (χ0) is 25.4. The van der Waals surface area contributed by atoms with E-state index >= 15 is 0 Å². The minimum absolute atomic E-state index is 0.0479. The number of esters is 1. The fourth-order valence-electron chi connectivity index (χ4n) is 6.37. The zero-order valence-corrected chi connectivity index (χ0v) is 23.5. The van der Waals surface area contributed by atoms with Gasteiger partial charge in [0.15, 0.2) is 0 Å². The van der Waals surface area contributed by atoms with Crippen LogP contribution in [0.1, 0.15) is 129 Å². The van der Waals surface area contributed by atoms with Gasteiger partial charge in [-0.25, -0.2) is 0 Å². The highest BCUT2D eigenvalue weighted by molar-refractivity contribution is 7.78. The predicted molar refractivity (Wildman–Crippen MR) is 154 cm³/mol. The molecule has 0 radical (unpaired) electrons. The van der Waals surface area contributed by atoms with Crippen molar-refractivity contribution in [2.24, 2.45) is 28.7 Å². The largest absolute Gasteiger partial charge is 0.426 e. The Morgan fingerprint density at radius 3 is 1.83 bits per heavy atom. The second-order valence-corrected chi connectivity index (χ2v) is 11.7. The Hall–Kier alpha value is -1.51. The molecular weight excluding hydrogens is 462 g/mol. The van der Waals surface area contributed by atoms with Crippen LogP contribution in [0.25, 0.3) is 0 Å². The van der Waals surface area contributed by atoms with E-state index in [0.717, 1.165) is 36.3 Å². The van der Waals surface area contributed by atoms with Crippen molar-refractivity contribution in [2.75, 3.05) is 0 Å². The maximum atomic E-state index is 12.6. The number of hydrogen-bond acceptors (Lipinski definition) is 4. The van der Waals surface area contributed by atoms with Gasteiger partial charge in [-0.15, -0.1) is 0 Å². The first-order chi connectivity index (χ1) is 17.7. The number of benzene rings is 1. The molecule has 0 aromatic heterocycles.